The number of hydrogen-bond acceptors (Lipinski definition) is 5. The monoisotopic (exact) mass is 500 g/mol. The van der Waals surface area contributed by atoms with E-state index in [1.54, 1.807) is 4.90 Å². The van der Waals surface area contributed by atoms with Gasteiger partial charge in [-0.1, -0.05) is 30.3 Å². The Kier molecular flexibility index (Phi) is 6.88. The Morgan fingerprint density at radius 2 is 1.86 bits per heavy atom. The first-order valence-corrected chi connectivity index (χ1v) is 13.0. The Labute approximate surface area is 216 Å². The molecule has 8 heteroatoms. The van der Waals surface area contributed by atoms with E-state index in [0.717, 1.165) is 72.2 Å². The lowest BCUT2D eigenvalue weighted by molar-refractivity contribution is -0.138. The number of hydrogen-bond donors (Lipinski definition) is 1. The summed E-state index contributed by atoms with van der Waals surface area (Å²) in [7, 11) is 1.39. The number of methoxy groups -OCH3 is 1. The van der Waals surface area contributed by atoms with Crippen molar-refractivity contribution in [3.8, 4) is 6.07 Å². The van der Waals surface area contributed by atoms with Gasteiger partial charge in [0, 0.05) is 30.0 Å². The summed E-state index contributed by atoms with van der Waals surface area (Å²) in [5.41, 5.74) is 4.34. The average molecular weight is 501 g/mol. The van der Waals surface area contributed by atoms with E-state index in [-0.39, 0.29) is 24.4 Å². The second kappa shape index (κ2) is 10.3. The van der Waals surface area contributed by atoms with Gasteiger partial charge in [0.1, 0.15) is 5.82 Å². The molecule has 1 aliphatic carbocycles. The number of carbonyl (C=O) groups excluding carboxylic acids is 1. The normalized spacial score (nSPS) is 22.2. The molecule has 1 amide bonds. The van der Waals surface area contributed by atoms with Crippen molar-refractivity contribution in [2.75, 3.05) is 12.0 Å². The molecular weight excluding hydrogens is 468 g/mol. The fourth-order valence-electron chi connectivity index (χ4n) is 6.05. The van der Waals surface area contributed by atoms with Gasteiger partial charge in [-0.2, -0.15) is 5.26 Å². The molecule has 2 aromatic carbocycles. The molecule has 37 heavy (non-hydrogen) atoms. The van der Waals surface area contributed by atoms with Gasteiger partial charge < -0.3 is 14.4 Å². The van der Waals surface area contributed by atoms with Gasteiger partial charge in [0.25, 0.3) is 0 Å². The lowest BCUT2D eigenvalue weighted by Crippen LogP contribution is -2.42. The van der Waals surface area contributed by atoms with Crippen LogP contribution >= 0.6 is 0 Å². The van der Waals surface area contributed by atoms with Crippen molar-refractivity contribution in [2.24, 2.45) is 5.92 Å². The third kappa shape index (κ3) is 4.55. The highest BCUT2D eigenvalue weighted by atomic mass is 16.5. The molecule has 0 spiro atoms. The zero-order valence-corrected chi connectivity index (χ0v) is 21.3. The van der Waals surface area contributed by atoms with Crippen LogP contribution in [0.5, 0.6) is 0 Å². The summed E-state index contributed by atoms with van der Waals surface area (Å²) in [6.07, 6.45) is 4.78. The molecule has 1 N–H and O–H groups in total. The number of aliphatic carboxylic acids is 1. The maximum absolute atomic E-state index is 12.6. The van der Waals surface area contributed by atoms with Crippen LogP contribution in [0, 0.1) is 17.2 Å². The van der Waals surface area contributed by atoms with Gasteiger partial charge >= 0.3 is 12.1 Å². The maximum Gasteiger partial charge on any atom is 0.414 e. The number of carbonyl (C=O) groups is 2. The molecule has 1 aromatic heterocycles. The standard InChI is InChI=1S/C29H32N4O4/c1-18-8-13-22-24(32(18)29(36)37-2)14-15-25-27(22)31-26(33(25)21-11-9-19(17-30)10-12-21)16-23(28(34)35)20-6-4-3-5-7-20/h3-7,14-15,18-19,21,23H,8-13,16H2,1-2H3,(H,34,35)/t18-,19-,21-,23?/m0/s1. The smallest absolute Gasteiger partial charge is 0.414 e. The fraction of sp³-hybridized carbons (Fsp3) is 0.448. The van der Waals surface area contributed by atoms with E-state index in [1.807, 2.05) is 49.4 Å². The minimum absolute atomic E-state index is 0.00897. The highest BCUT2D eigenvalue weighted by Crippen LogP contribution is 2.41. The summed E-state index contributed by atoms with van der Waals surface area (Å²) in [6, 6.07) is 15.8. The fourth-order valence-corrected chi connectivity index (χ4v) is 6.05. The third-order valence-electron chi connectivity index (χ3n) is 8.03. The molecule has 1 saturated carbocycles. The number of nitrogens with zero attached hydrogens (tertiary/aromatic N) is 4. The summed E-state index contributed by atoms with van der Waals surface area (Å²) < 4.78 is 7.30. The second-order valence-corrected chi connectivity index (χ2v) is 10.2. The summed E-state index contributed by atoms with van der Waals surface area (Å²) in [5, 5.41) is 19.6. The minimum atomic E-state index is -0.884. The van der Waals surface area contributed by atoms with Crippen molar-refractivity contribution in [2.45, 2.75) is 69.9 Å². The quantitative estimate of drug-likeness (QED) is 0.488. The van der Waals surface area contributed by atoms with Crippen LogP contribution in [0.1, 0.15) is 67.9 Å². The van der Waals surface area contributed by atoms with Crippen molar-refractivity contribution in [3.05, 3.63) is 59.4 Å². The van der Waals surface area contributed by atoms with Crippen LogP contribution in [0.15, 0.2) is 42.5 Å². The van der Waals surface area contributed by atoms with Gasteiger partial charge in [-0.05, 0) is 63.1 Å². The number of aromatic nitrogens is 2. The van der Waals surface area contributed by atoms with E-state index >= 15 is 0 Å². The number of ether oxygens (including phenoxy) is 1. The topological polar surface area (TPSA) is 108 Å². The Bertz CT molecular complexity index is 1350. The van der Waals surface area contributed by atoms with Crippen LogP contribution < -0.4 is 4.90 Å². The first kappa shape index (κ1) is 24.8. The van der Waals surface area contributed by atoms with E-state index < -0.39 is 18.0 Å². The number of rotatable bonds is 5. The van der Waals surface area contributed by atoms with Crippen molar-refractivity contribution >= 4 is 28.8 Å². The maximum atomic E-state index is 12.6. The zero-order valence-electron chi connectivity index (χ0n) is 21.3. The average Bonchev–Trinajstić information content (AvgIpc) is 3.30. The number of nitriles is 1. The van der Waals surface area contributed by atoms with Crippen molar-refractivity contribution < 1.29 is 19.4 Å². The van der Waals surface area contributed by atoms with Crippen LogP contribution in [0.4, 0.5) is 10.5 Å². The summed E-state index contributed by atoms with van der Waals surface area (Å²) >= 11 is 0. The summed E-state index contributed by atoms with van der Waals surface area (Å²) in [5.74, 6) is -0.808. The molecule has 3 aromatic rings. The van der Waals surface area contributed by atoms with Crippen LogP contribution in [0.2, 0.25) is 0 Å². The molecule has 1 aliphatic heterocycles. The molecule has 2 aliphatic rings. The predicted molar refractivity (Wildman–Crippen MR) is 140 cm³/mol. The van der Waals surface area contributed by atoms with E-state index in [2.05, 4.69) is 10.6 Å². The molecule has 192 valence electrons. The van der Waals surface area contributed by atoms with Gasteiger partial charge in [0.05, 0.1) is 35.8 Å². The molecule has 0 bridgehead atoms. The van der Waals surface area contributed by atoms with E-state index in [0.29, 0.717) is 0 Å². The first-order valence-electron chi connectivity index (χ1n) is 13.0. The molecule has 2 atom stereocenters. The van der Waals surface area contributed by atoms with E-state index in [9.17, 15) is 20.0 Å². The Morgan fingerprint density at radius 1 is 1.14 bits per heavy atom. The largest absolute Gasteiger partial charge is 0.481 e. The minimum Gasteiger partial charge on any atom is -0.481 e. The Balaban J connectivity index is 1.64. The predicted octanol–water partition coefficient (Wildman–Crippen LogP) is 5.61. The van der Waals surface area contributed by atoms with E-state index in [4.69, 9.17) is 9.72 Å². The number of fused-ring (bicyclic) bond motifs is 3. The van der Waals surface area contributed by atoms with Gasteiger partial charge in [0.2, 0.25) is 0 Å². The Morgan fingerprint density at radius 3 is 2.51 bits per heavy atom. The highest BCUT2D eigenvalue weighted by molar-refractivity contribution is 5.95. The van der Waals surface area contributed by atoms with Crippen LogP contribution in [-0.2, 0) is 22.4 Å². The first-order chi connectivity index (χ1) is 17.9. The molecule has 0 saturated heterocycles. The number of amides is 1. The van der Waals surface area contributed by atoms with Crippen molar-refractivity contribution in [1.82, 2.24) is 9.55 Å². The SMILES string of the molecule is COC(=O)N1c2ccc3c(nc(CC(C(=O)O)c4ccccc4)n3[C@H]3CC[C@H](C#N)CC3)c2CC[C@@H]1C. The lowest BCUT2D eigenvalue weighted by atomic mass is 9.86. The number of anilines is 1. The van der Waals surface area contributed by atoms with Gasteiger partial charge in [-0.3, -0.25) is 9.69 Å². The summed E-state index contributed by atoms with van der Waals surface area (Å²) in [6.45, 7) is 2.01. The second-order valence-electron chi connectivity index (χ2n) is 10.2. The van der Waals surface area contributed by atoms with Crippen LogP contribution in [-0.4, -0.2) is 39.9 Å². The number of carboxylic acids is 1. The highest BCUT2D eigenvalue weighted by Gasteiger charge is 2.34. The number of imidazole rings is 1. The van der Waals surface area contributed by atoms with Crippen molar-refractivity contribution in [1.29, 1.82) is 5.26 Å². The van der Waals surface area contributed by atoms with Crippen LogP contribution in [0.3, 0.4) is 0 Å². The molecule has 0 radical (unpaired) electrons. The van der Waals surface area contributed by atoms with E-state index in [1.165, 1.54) is 7.11 Å². The van der Waals surface area contributed by atoms with Gasteiger partial charge in [-0.15, -0.1) is 0 Å². The number of benzene rings is 2. The molecule has 5 rings (SSSR count). The number of carboxylic acid groups (broad SMARTS) is 1. The Hall–Kier alpha value is -3.86. The van der Waals surface area contributed by atoms with Crippen molar-refractivity contribution in [3.63, 3.8) is 0 Å². The number of aryl methyl sites for hydroxylation is 1. The summed E-state index contributed by atoms with van der Waals surface area (Å²) in [4.78, 5) is 31.8. The molecule has 1 unspecified atom stereocenters. The molecular formula is C29H32N4O4. The molecule has 2 heterocycles. The van der Waals surface area contributed by atoms with Crippen LogP contribution in [0.25, 0.3) is 11.0 Å². The lowest BCUT2D eigenvalue weighted by Gasteiger charge is -2.34. The third-order valence-corrected chi connectivity index (χ3v) is 8.03. The molecule has 1 fully saturated rings. The molecule has 8 nitrogen and oxygen atoms in total. The zero-order chi connectivity index (χ0) is 26.1. The van der Waals surface area contributed by atoms with Gasteiger partial charge in [-0.25, -0.2) is 9.78 Å². The van der Waals surface area contributed by atoms with Gasteiger partial charge in [0.15, 0.2) is 0 Å².